The third kappa shape index (κ3) is 1.32. The van der Waals surface area contributed by atoms with Crippen LogP contribution in [0.4, 0.5) is 0 Å². The second-order valence-electron chi connectivity index (χ2n) is 4.88. The van der Waals surface area contributed by atoms with Crippen molar-refractivity contribution in [1.82, 2.24) is 0 Å². The van der Waals surface area contributed by atoms with Crippen LogP contribution in [-0.4, -0.2) is 5.71 Å². The molecule has 0 aromatic heterocycles. The lowest BCUT2D eigenvalue weighted by Gasteiger charge is -2.09. The lowest BCUT2D eigenvalue weighted by Crippen LogP contribution is -2.14. The Kier molecular flexibility index (Phi) is 2.04. The summed E-state index contributed by atoms with van der Waals surface area (Å²) < 4.78 is 0. The van der Waals surface area contributed by atoms with E-state index >= 15 is 0 Å². The van der Waals surface area contributed by atoms with Crippen LogP contribution in [0.3, 0.4) is 0 Å². The fourth-order valence-corrected chi connectivity index (χ4v) is 2.99. The number of hydrogen-bond donors (Lipinski definition) is 0. The minimum atomic E-state index is 0.122. The van der Waals surface area contributed by atoms with Gasteiger partial charge >= 0.3 is 0 Å². The predicted molar refractivity (Wildman–Crippen MR) is 70.4 cm³/mol. The first-order valence-corrected chi connectivity index (χ1v) is 6.30. The minimum Gasteiger partial charge on any atom is -0.387 e. The molecule has 2 atom stereocenters. The molecule has 2 nitrogen and oxygen atoms in total. The first-order chi connectivity index (χ1) is 8.93. The first kappa shape index (κ1) is 9.89. The fourth-order valence-electron chi connectivity index (χ4n) is 2.99. The van der Waals surface area contributed by atoms with Gasteiger partial charge in [0.05, 0.1) is 11.6 Å². The Morgan fingerprint density at radius 2 is 1.72 bits per heavy atom. The van der Waals surface area contributed by atoms with Crippen molar-refractivity contribution >= 4 is 5.71 Å². The maximum absolute atomic E-state index is 5.66. The number of oxime groups is 1. The Bertz CT molecular complexity index is 618. The molecule has 2 aromatic rings. The summed E-state index contributed by atoms with van der Waals surface area (Å²) in [5, 5.41) is 4.31. The monoisotopic (exact) mass is 235 g/mol. The van der Waals surface area contributed by atoms with Crippen molar-refractivity contribution in [2.45, 2.75) is 12.5 Å². The number of benzene rings is 2. The lowest BCUT2D eigenvalue weighted by atomic mass is 9.93. The van der Waals surface area contributed by atoms with Crippen molar-refractivity contribution in [3.63, 3.8) is 0 Å². The first-order valence-electron chi connectivity index (χ1n) is 6.30. The molecule has 2 aliphatic rings. The third-order valence-electron chi connectivity index (χ3n) is 3.85. The molecule has 1 aliphatic carbocycles. The topological polar surface area (TPSA) is 21.6 Å². The van der Waals surface area contributed by atoms with E-state index in [2.05, 4.69) is 41.6 Å². The van der Waals surface area contributed by atoms with Crippen LogP contribution >= 0.6 is 0 Å². The van der Waals surface area contributed by atoms with E-state index in [1.54, 1.807) is 0 Å². The molecule has 1 aliphatic heterocycles. The average Bonchev–Trinajstić information content (AvgIpc) is 2.98. The summed E-state index contributed by atoms with van der Waals surface area (Å²) in [5.41, 5.74) is 4.97. The maximum Gasteiger partial charge on any atom is 0.161 e. The van der Waals surface area contributed by atoms with Crippen LogP contribution in [-0.2, 0) is 11.3 Å². The molecule has 0 amide bonds. The summed E-state index contributed by atoms with van der Waals surface area (Å²) in [6.45, 7) is 0. The number of rotatable bonds is 1. The molecule has 4 rings (SSSR count). The minimum absolute atomic E-state index is 0.122. The third-order valence-corrected chi connectivity index (χ3v) is 3.85. The summed E-state index contributed by atoms with van der Waals surface area (Å²) in [5.74, 6) is 0.379. The smallest absolute Gasteiger partial charge is 0.161 e. The second kappa shape index (κ2) is 3.70. The van der Waals surface area contributed by atoms with Crippen molar-refractivity contribution in [1.29, 1.82) is 0 Å². The molecule has 0 saturated heterocycles. The largest absolute Gasteiger partial charge is 0.387 e. The molecule has 2 unspecified atom stereocenters. The number of fused-ring (bicyclic) bond motifs is 3. The highest BCUT2D eigenvalue weighted by atomic mass is 16.6. The van der Waals surface area contributed by atoms with Crippen LogP contribution in [0.15, 0.2) is 59.8 Å². The van der Waals surface area contributed by atoms with Gasteiger partial charge in [0, 0.05) is 0 Å². The van der Waals surface area contributed by atoms with Crippen LogP contribution in [0.1, 0.15) is 22.8 Å². The van der Waals surface area contributed by atoms with Crippen molar-refractivity contribution in [3.05, 3.63) is 71.3 Å². The SMILES string of the molecule is c1ccc(C2=NOC3c4ccccc4CC23)cc1. The van der Waals surface area contributed by atoms with Crippen LogP contribution < -0.4 is 0 Å². The molecule has 2 aromatic carbocycles. The van der Waals surface area contributed by atoms with Crippen LogP contribution in [0.5, 0.6) is 0 Å². The molecular weight excluding hydrogens is 222 g/mol. The zero-order valence-corrected chi connectivity index (χ0v) is 9.91. The summed E-state index contributed by atoms with van der Waals surface area (Å²) in [6, 6.07) is 18.9. The molecule has 2 heteroatoms. The van der Waals surface area contributed by atoms with Crippen LogP contribution in [0.25, 0.3) is 0 Å². The maximum atomic E-state index is 5.66. The molecule has 0 saturated carbocycles. The lowest BCUT2D eigenvalue weighted by molar-refractivity contribution is 0.0697. The van der Waals surface area contributed by atoms with Gasteiger partial charge in [0.2, 0.25) is 0 Å². The van der Waals surface area contributed by atoms with Gasteiger partial charge in [-0.05, 0) is 23.1 Å². The van der Waals surface area contributed by atoms with Crippen LogP contribution in [0, 0.1) is 5.92 Å². The van der Waals surface area contributed by atoms with E-state index < -0.39 is 0 Å². The van der Waals surface area contributed by atoms with Gasteiger partial charge < -0.3 is 4.84 Å². The van der Waals surface area contributed by atoms with E-state index in [0.29, 0.717) is 5.92 Å². The average molecular weight is 235 g/mol. The summed E-state index contributed by atoms with van der Waals surface area (Å²) in [7, 11) is 0. The molecule has 1 heterocycles. The number of hydrogen-bond acceptors (Lipinski definition) is 2. The second-order valence-corrected chi connectivity index (χ2v) is 4.88. The predicted octanol–water partition coefficient (Wildman–Crippen LogP) is 3.33. The van der Waals surface area contributed by atoms with Gasteiger partial charge in [-0.15, -0.1) is 0 Å². The van der Waals surface area contributed by atoms with Crippen molar-refractivity contribution < 1.29 is 4.84 Å². The number of nitrogens with zero attached hydrogens (tertiary/aromatic N) is 1. The summed E-state index contributed by atoms with van der Waals surface area (Å²) in [6.07, 6.45) is 1.16. The van der Waals surface area contributed by atoms with Gasteiger partial charge in [-0.1, -0.05) is 59.8 Å². The Hall–Kier alpha value is -2.09. The zero-order chi connectivity index (χ0) is 11.9. The quantitative estimate of drug-likeness (QED) is 0.743. The van der Waals surface area contributed by atoms with Crippen molar-refractivity contribution in [3.8, 4) is 0 Å². The Morgan fingerprint density at radius 1 is 0.944 bits per heavy atom. The Labute approximate surface area is 106 Å². The summed E-state index contributed by atoms with van der Waals surface area (Å²) in [4.78, 5) is 5.66. The van der Waals surface area contributed by atoms with Crippen molar-refractivity contribution in [2.24, 2.45) is 11.1 Å². The van der Waals surface area contributed by atoms with E-state index in [0.717, 1.165) is 12.1 Å². The molecule has 18 heavy (non-hydrogen) atoms. The van der Waals surface area contributed by atoms with Gasteiger partial charge in [0.1, 0.15) is 0 Å². The van der Waals surface area contributed by atoms with Gasteiger partial charge in [-0.2, -0.15) is 0 Å². The molecule has 0 radical (unpaired) electrons. The summed E-state index contributed by atoms with van der Waals surface area (Å²) >= 11 is 0. The normalized spacial score (nSPS) is 24.1. The molecule has 88 valence electrons. The molecule has 0 spiro atoms. The van der Waals surface area contributed by atoms with Gasteiger partial charge in [-0.3, -0.25) is 0 Å². The highest BCUT2D eigenvalue weighted by Gasteiger charge is 2.42. The zero-order valence-electron chi connectivity index (χ0n) is 9.91. The van der Waals surface area contributed by atoms with Gasteiger partial charge in [0.15, 0.2) is 6.10 Å². The van der Waals surface area contributed by atoms with Gasteiger partial charge in [0.25, 0.3) is 0 Å². The molecule has 0 N–H and O–H groups in total. The van der Waals surface area contributed by atoms with E-state index in [9.17, 15) is 0 Å². The Balaban J connectivity index is 1.73. The van der Waals surface area contributed by atoms with E-state index in [4.69, 9.17) is 4.84 Å². The molecule has 0 fully saturated rings. The van der Waals surface area contributed by atoms with E-state index in [1.807, 2.05) is 18.2 Å². The molecule has 0 bridgehead atoms. The van der Waals surface area contributed by atoms with Crippen LogP contribution in [0.2, 0.25) is 0 Å². The Morgan fingerprint density at radius 3 is 2.61 bits per heavy atom. The van der Waals surface area contributed by atoms with E-state index in [-0.39, 0.29) is 6.10 Å². The van der Waals surface area contributed by atoms with Gasteiger partial charge in [-0.25, -0.2) is 0 Å². The van der Waals surface area contributed by atoms with Crippen molar-refractivity contribution in [2.75, 3.05) is 0 Å². The highest BCUT2D eigenvalue weighted by Crippen LogP contribution is 2.44. The fraction of sp³-hybridized carbons (Fsp3) is 0.188. The highest BCUT2D eigenvalue weighted by molar-refractivity contribution is 6.03. The molecular formula is C16H13NO. The standard InChI is InChI=1S/C16H13NO/c1-2-6-11(7-3-1)15-14-10-12-8-4-5-9-13(12)16(14)18-17-15/h1-9,14,16H,10H2. The van der Waals surface area contributed by atoms with E-state index in [1.165, 1.54) is 16.7 Å².